The molecule has 4 nitrogen and oxygen atoms in total. The Bertz CT molecular complexity index is 951. The topological polar surface area (TPSA) is 46.6 Å². The molecule has 3 aromatic carbocycles. The molecule has 0 radical (unpaired) electrons. The average Bonchev–Trinajstić information content (AvgIpc) is 2.69. The number of rotatable bonds is 7. The van der Waals surface area contributed by atoms with Crippen LogP contribution in [0, 0.1) is 0 Å². The Morgan fingerprint density at radius 1 is 0.852 bits per heavy atom. The molecule has 0 aliphatic rings. The zero-order valence-corrected chi connectivity index (χ0v) is 16.5. The van der Waals surface area contributed by atoms with E-state index in [1.165, 1.54) is 23.5 Å². The van der Waals surface area contributed by atoms with Gasteiger partial charge in [0.1, 0.15) is 5.75 Å². The first-order chi connectivity index (χ1) is 13.0. The Labute approximate surface area is 165 Å². The highest BCUT2D eigenvalue weighted by molar-refractivity contribution is 7.89. The molecule has 0 amide bonds. The van der Waals surface area contributed by atoms with Crippen molar-refractivity contribution >= 4 is 21.6 Å². The molecule has 0 aromatic heterocycles. The first-order valence-corrected chi connectivity index (χ1v) is 10.2. The van der Waals surface area contributed by atoms with E-state index in [0.717, 1.165) is 11.1 Å². The van der Waals surface area contributed by atoms with Crippen molar-refractivity contribution in [3.05, 3.63) is 95.0 Å². The van der Waals surface area contributed by atoms with Crippen LogP contribution >= 0.6 is 11.6 Å². The maximum absolute atomic E-state index is 13.3. The monoisotopic (exact) mass is 401 g/mol. The summed E-state index contributed by atoms with van der Waals surface area (Å²) >= 11 is 6.15. The number of hydrogen-bond acceptors (Lipinski definition) is 3. The molecule has 0 saturated carbocycles. The summed E-state index contributed by atoms with van der Waals surface area (Å²) in [5, 5.41) is 0.262. The average molecular weight is 402 g/mol. The fourth-order valence-corrected chi connectivity index (χ4v) is 4.52. The van der Waals surface area contributed by atoms with Crippen LogP contribution in [0.25, 0.3) is 0 Å². The second-order valence-corrected chi connectivity index (χ2v) is 8.39. The van der Waals surface area contributed by atoms with Gasteiger partial charge in [-0.05, 0) is 29.3 Å². The molecule has 0 spiro atoms. The first-order valence-electron chi connectivity index (χ1n) is 8.42. The van der Waals surface area contributed by atoms with Crippen LogP contribution < -0.4 is 4.74 Å². The van der Waals surface area contributed by atoms with E-state index in [4.69, 9.17) is 16.3 Å². The van der Waals surface area contributed by atoms with E-state index in [1.54, 1.807) is 6.07 Å². The molecule has 0 atom stereocenters. The van der Waals surface area contributed by atoms with Gasteiger partial charge < -0.3 is 4.74 Å². The van der Waals surface area contributed by atoms with E-state index in [2.05, 4.69) is 0 Å². The van der Waals surface area contributed by atoms with Crippen molar-refractivity contribution in [2.24, 2.45) is 0 Å². The zero-order chi connectivity index (χ0) is 19.3. The van der Waals surface area contributed by atoms with Crippen molar-refractivity contribution in [3.8, 4) is 5.75 Å². The van der Waals surface area contributed by atoms with Crippen LogP contribution in [0.4, 0.5) is 0 Å². The van der Waals surface area contributed by atoms with Gasteiger partial charge in [0.2, 0.25) is 10.0 Å². The molecule has 0 saturated heterocycles. The highest BCUT2D eigenvalue weighted by atomic mass is 35.5. The van der Waals surface area contributed by atoms with Gasteiger partial charge in [0.05, 0.1) is 17.0 Å². The van der Waals surface area contributed by atoms with E-state index in [0.29, 0.717) is 5.75 Å². The third kappa shape index (κ3) is 4.69. The van der Waals surface area contributed by atoms with Gasteiger partial charge in [0.15, 0.2) is 0 Å². The molecule has 3 rings (SSSR count). The first kappa shape index (κ1) is 19.4. The second-order valence-electron chi connectivity index (χ2n) is 6.04. The van der Waals surface area contributed by atoms with Gasteiger partial charge in [0.25, 0.3) is 0 Å². The Balaban J connectivity index is 1.98. The van der Waals surface area contributed by atoms with Gasteiger partial charge in [-0.1, -0.05) is 72.3 Å². The molecule has 6 heteroatoms. The quantitative estimate of drug-likeness (QED) is 0.574. The minimum absolute atomic E-state index is 0.139. The van der Waals surface area contributed by atoms with E-state index >= 15 is 0 Å². The van der Waals surface area contributed by atoms with Crippen LogP contribution in [0.3, 0.4) is 0 Å². The molecule has 0 heterocycles. The smallest absolute Gasteiger partial charge is 0.243 e. The molecule has 0 unspecified atom stereocenters. The zero-order valence-electron chi connectivity index (χ0n) is 14.9. The number of sulfonamides is 1. The summed E-state index contributed by atoms with van der Waals surface area (Å²) in [7, 11) is -2.26. The SMILES string of the molecule is COc1ccc(S(=O)(=O)N(Cc2ccccc2)Cc2ccccc2)cc1Cl. The molecule has 27 heavy (non-hydrogen) atoms. The Kier molecular flexibility index (Phi) is 6.16. The van der Waals surface area contributed by atoms with Crippen molar-refractivity contribution < 1.29 is 13.2 Å². The van der Waals surface area contributed by atoms with Gasteiger partial charge in [-0.15, -0.1) is 0 Å². The van der Waals surface area contributed by atoms with Gasteiger partial charge in [-0.25, -0.2) is 8.42 Å². The predicted molar refractivity (Wildman–Crippen MR) is 107 cm³/mol. The lowest BCUT2D eigenvalue weighted by Gasteiger charge is -2.23. The van der Waals surface area contributed by atoms with Gasteiger partial charge >= 0.3 is 0 Å². The summed E-state index contributed by atoms with van der Waals surface area (Å²) in [5.41, 5.74) is 1.83. The fraction of sp³-hybridized carbons (Fsp3) is 0.143. The van der Waals surface area contributed by atoms with Crippen LogP contribution in [0.2, 0.25) is 5.02 Å². The molecule has 0 aliphatic heterocycles. The molecular weight excluding hydrogens is 382 g/mol. The van der Waals surface area contributed by atoms with Crippen LogP contribution in [-0.4, -0.2) is 19.8 Å². The van der Waals surface area contributed by atoms with Crippen LogP contribution in [0.15, 0.2) is 83.8 Å². The summed E-state index contributed by atoms with van der Waals surface area (Å²) in [6.07, 6.45) is 0. The maximum atomic E-state index is 13.3. The number of nitrogens with zero attached hydrogens (tertiary/aromatic N) is 1. The van der Waals surface area contributed by atoms with Crippen LogP contribution in [0.1, 0.15) is 11.1 Å². The van der Waals surface area contributed by atoms with E-state index in [1.807, 2.05) is 60.7 Å². The second kappa shape index (κ2) is 8.57. The standard InChI is InChI=1S/C21H20ClNO3S/c1-26-21-13-12-19(14-20(21)22)27(24,25)23(15-17-8-4-2-5-9-17)16-18-10-6-3-7-11-18/h2-14H,15-16H2,1H3. The molecule has 3 aromatic rings. The largest absolute Gasteiger partial charge is 0.495 e. The van der Waals surface area contributed by atoms with Crippen molar-refractivity contribution in [3.63, 3.8) is 0 Å². The van der Waals surface area contributed by atoms with Gasteiger partial charge in [-0.2, -0.15) is 4.31 Å². The Morgan fingerprint density at radius 3 is 1.81 bits per heavy atom. The van der Waals surface area contributed by atoms with Crippen molar-refractivity contribution in [1.82, 2.24) is 4.31 Å². The number of hydrogen-bond donors (Lipinski definition) is 0. The molecular formula is C21H20ClNO3S. The lowest BCUT2D eigenvalue weighted by Crippen LogP contribution is -2.30. The number of halogens is 1. The Morgan fingerprint density at radius 2 is 1.37 bits per heavy atom. The predicted octanol–water partition coefficient (Wildman–Crippen LogP) is 4.74. The lowest BCUT2D eigenvalue weighted by molar-refractivity contribution is 0.400. The Hall–Kier alpha value is -2.34. The van der Waals surface area contributed by atoms with E-state index in [9.17, 15) is 8.42 Å². The van der Waals surface area contributed by atoms with Crippen LogP contribution in [0.5, 0.6) is 5.75 Å². The number of ether oxygens (including phenoxy) is 1. The molecule has 0 aliphatic carbocycles. The highest BCUT2D eigenvalue weighted by Gasteiger charge is 2.26. The summed E-state index contributed by atoms with van der Waals surface area (Å²) in [4.78, 5) is 0.139. The minimum atomic E-state index is -3.75. The number of methoxy groups -OCH3 is 1. The third-order valence-corrected chi connectivity index (χ3v) is 6.25. The molecule has 0 fully saturated rings. The van der Waals surface area contributed by atoms with Crippen molar-refractivity contribution in [2.75, 3.05) is 7.11 Å². The third-order valence-electron chi connectivity index (χ3n) is 4.16. The van der Waals surface area contributed by atoms with Gasteiger partial charge in [0, 0.05) is 13.1 Å². The molecule has 0 bridgehead atoms. The highest BCUT2D eigenvalue weighted by Crippen LogP contribution is 2.29. The molecule has 140 valence electrons. The summed E-state index contributed by atoms with van der Waals surface area (Å²) in [6.45, 7) is 0.531. The summed E-state index contributed by atoms with van der Waals surface area (Å²) in [5.74, 6) is 0.438. The molecule has 0 N–H and O–H groups in total. The van der Waals surface area contributed by atoms with Crippen LogP contribution in [-0.2, 0) is 23.1 Å². The van der Waals surface area contributed by atoms with Crippen molar-refractivity contribution in [2.45, 2.75) is 18.0 Å². The summed E-state index contributed by atoms with van der Waals surface area (Å²) in [6, 6.07) is 23.6. The lowest BCUT2D eigenvalue weighted by atomic mass is 10.2. The minimum Gasteiger partial charge on any atom is -0.495 e. The summed E-state index contributed by atoms with van der Waals surface area (Å²) < 4.78 is 33.2. The van der Waals surface area contributed by atoms with Gasteiger partial charge in [-0.3, -0.25) is 0 Å². The van der Waals surface area contributed by atoms with E-state index in [-0.39, 0.29) is 23.0 Å². The normalized spacial score (nSPS) is 11.5. The fourth-order valence-electron chi connectivity index (χ4n) is 2.76. The maximum Gasteiger partial charge on any atom is 0.243 e. The van der Waals surface area contributed by atoms with E-state index < -0.39 is 10.0 Å². The number of benzene rings is 3. The van der Waals surface area contributed by atoms with Crippen molar-refractivity contribution in [1.29, 1.82) is 0 Å².